The van der Waals surface area contributed by atoms with Crippen LogP contribution in [0, 0.1) is 5.41 Å². The smallest absolute Gasteiger partial charge is 0.219 e. The number of ether oxygens (including phenoxy) is 2. The Morgan fingerprint density at radius 1 is 1.07 bits per heavy atom. The molecule has 1 saturated carbocycles. The lowest BCUT2D eigenvalue weighted by Crippen LogP contribution is -2.36. The van der Waals surface area contributed by atoms with Crippen molar-refractivity contribution >= 4 is 16.8 Å². The lowest BCUT2D eigenvalue weighted by atomic mass is 9.81. The van der Waals surface area contributed by atoms with Gasteiger partial charge in [0.2, 0.25) is 11.8 Å². The van der Waals surface area contributed by atoms with E-state index in [0.717, 1.165) is 17.4 Å². The molecule has 0 spiro atoms. The SMILES string of the molecule is CC1(C)CCCC[C@@H]2N=C(c3cccc(Oc4ccc5cccc(O)c5n4)c3)O[C@H]21. The third-order valence-electron chi connectivity index (χ3n) is 6.19. The van der Waals surface area contributed by atoms with E-state index in [1.165, 1.54) is 19.3 Å². The third-order valence-corrected chi connectivity index (χ3v) is 6.19. The van der Waals surface area contributed by atoms with Gasteiger partial charge in [-0.15, -0.1) is 0 Å². The Morgan fingerprint density at radius 2 is 1.93 bits per heavy atom. The summed E-state index contributed by atoms with van der Waals surface area (Å²) in [6, 6.07) is 17.0. The molecule has 5 rings (SSSR count). The van der Waals surface area contributed by atoms with Gasteiger partial charge < -0.3 is 14.6 Å². The summed E-state index contributed by atoms with van der Waals surface area (Å²) in [7, 11) is 0. The van der Waals surface area contributed by atoms with Gasteiger partial charge in [0.05, 0.1) is 6.04 Å². The van der Waals surface area contributed by atoms with Gasteiger partial charge in [0.25, 0.3) is 0 Å². The molecule has 0 unspecified atom stereocenters. The first-order valence-corrected chi connectivity index (χ1v) is 10.6. The van der Waals surface area contributed by atoms with Crippen molar-refractivity contribution in [2.75, 3.05) is 0 Å². The zero-order chi connectivity index (χ0) is 20.7. The van der Waals surface area contributed by atoms with Gasteiger partial charge in [0.1, 0.15) is 23.1 Å². The van der Waals surface area contributed by atoms with Crippen LogP contribution in [0.25, 0.3) is 10.9 Å². The number of phenolic OH excluding ortho intramolecular Hbond substituents is 1. The molecule has 5 heteroatoms. The summed E-state index contributed by atoms with van der Waals surface area (Å²) < 4.78 is 12.4. The maximum atomic E-state index is 10.1. The second-order valence-electron chi connectivity index (χ2n) is 8.90. The summed E-state index contributed by atoms with van der Waals surface area (Å²) in [6.45, 7) is 4.57. The molecule has 1 aliphatic heterocycles. The maximum Gasteiger partial charge on any atom is 0.219 e. The predicted molar refractivity (Wildman–Crippen MR) is 117 cm³/mol. The number of hydrogen-bond donors (Lipinski definition) is 1. The standard InChI is InChI=1S/C25H26N2O3/c1-25(2)14-4-3-10-19-23(25)30-24(26-19)17-8-5-9-18(15-17)29-21-13-12-16-7-6-11-20(28)22(16)27-21/h5-9,11-13,15,19,23,28H,3-4,10,14H2,1-2H3/t19-,23+/m0/s1. The van der Waals surface area contributed by atoms with Crippen molar-refractivity contribution in [1.82, 2.24) is 4.98 Å². The molecule has 0 bridgehead atoms. The van der Waals surface area contributed by atoms with E-state index in [2.05, 4.69) is 18.8 Å². The molecular formula is C25H26N2O3. The van der Waals surface area contributed by atoms with E-state index < -0.39 is 0 Å². The molecule has 1 aliphatic carbocycles. The molecule has 30 heavy (non-hydrogen) atoms. The second kappa shape index (κ2) is 7.31. The molecule has 2 heterocycles. The van der Waals surface area contributed by atoms with Gasteiger partial charge >= 0.3 is 0 Å². The van der Waals surface area contributed by atoms with Crippen molar-refractivity contribution < 1.29 is 14.6 Å². The second-order valence-corrected chi connectivity index (χ2v) is 8.90. The number of rotatable bonds is 3. The summed E-state index contributed by atoms with van der Waals surface area (Å²) in [5.74, 6) is 1.94. The molecule has 0 radical (unpaired) electrons. The first-order chi connectivity index (χ1) is 14.5. The minimum atomic E-state index is 0.123. The van der Waals surface area contributed by atoms with Crippen LogP contribution in [0.5, 0.6) is 17.4 Å². The number of benzene rings is 2. The maximum absolute atomic E-state index is 10.1. The Bertz CT molecular complexity index is 1120. The van der Waals surface area contributed by atoms with Gasteiger partial charge in [-0.3, -0.25) is 0 Å². The quantitative estimate of drug-likeness (QED) is 0.597. The van der Waals surface area contributed by atoms with Crippen LogP contribution in [0.1, 0.15) is 45.1 Å². The lowest BCUT2D eigenvalue weighted by Gasteiger charge is -2.31. The third kappa shape index (κ3) is 3.49. The van der Waals surface area contributed by atoms with Crippen molar-refractivity contribution in [3.63, 3.8) is 0 Å². The van der Waals surface area contributed by atoms with Crippen molar-refractivity contribution in [3.8, 4) is 17.4 Å². The van der Waals surface area contributed by atoms with Crippen LogP contribution in [0.2, 0.25) is 0 Å². The molecule has 5 nitrogen and oxygen atoms in total. The summed E-state index contributed by atoms with van der Waals surface area (Å²) in [4.78, 5) is 9.38. The van der Waals surface area contributed by atoms with Gasteiger partial charge in [-0.2, -0.15) is 0 Å². The minimum Gasteiger partial charge on any atom is -0.506 e. The summed E-state index contributed by atoms with van der Waals surface area (Å²) in [6.07, 6.45) is 4.82. The van der Waals surface area contributed by atoms with Crippen molar-refractivity contribution in [2.24, 2.45) is 10.4 Å². The van der Waals surface area contributed by atoms with Crippen LogP contribution in [0.4, 0.5) is 0 Å². The molecule has 2 atom stereocenters. The van der Waals surface area contributed by atoms with Gasteiger partial charge in [-0.05, 0) is 43.2 Å². The Morgan fingerprint density at radius 3 is 2.83 bits per heavy atom. The number of aliphatic imine (C=N–C) groups is 1. The molecule has 2 aromatic carbocycles. The highest BCUT2D eigenvalue weighted by atomic mass is 16.5. The number of fused-ring (bicyclic) bond motifs is 2. The molecule has 3 aromatic rings. The van der Waals surface area contributed by atoms with Crippen molar-refractivity contribution in [3.05, 3.63) is 60.2 Å². The molecule has 1 fully saturated rings. The van der Waals surface area contributed by atoms with Crippen LogP contribution in [-0.4, -0.2) is 28.1 Å². The van der Waals surface area contributed by atoms with E-state index in [1.54, 1.807) is 18.2 Å². The highest BCUT2D eigenvalue weighted by Crippen LogP contribution is 2.41. The molecular weight excluding hydrogens is 376 g/mol. The van der Waals surface area contributed by atoms with Crippen molar-refractivity contribution in [1.29, 1.82) is 0 Å². The zero-order valence-electron chi connectivity index (χ0n) is 17.3. The highest BCUT2D eigenvalue weighted by Gasteiger charge is 2.43. The van der Waals surface area contributed by atoms with E-state index in [9.17, 15) is 5.11 Å². The van der Waals surface area contributed by atoms with E-state index in [0.29, 0.717) is 23.0 Å². The largest absolute Gasteiger partial charge is 0.506 e. The summed E-state index contributed by atoms with van der Waals surface area (Å²) in [5, 5.41) is 10.9. The van der Waals surface area contributed by atoms with E-state index in [1.807, 2.05) is 36.4 Å². The lowest BCUT2D eigenvalue weighted by molar-refractivity contribution is 0.0645. The Balaban J connectivity index is 1.40. The van der Waals surface area contributed by atoms with Crippen LogP contribution in [0.3, 0.4) is 0 Å². The van der Waals surface area contributed by atoms with E-state index in [-0.39, 0.29) is 23.3 Å². The number of phenols is 1. The van der Waals surface area contributed by atoms with Crippen LogP contribution in [0.15, 0.2) is 59.6 Å². The average molecular weight is 402 g/mol. The summed E-state index contributed by atoms with van der Waals surface area (Å²) >= 11 is 0. The van der Waals surface area contributed by atoms with Crippen LogP contribution < -0.4 is 4.74 Å². The monoisotopic (exact) mass is 402 g/mol. The first kappa shape index (κ1) is 18.9. The van der Waals surface area contributed by atoms with Crippen LogP contribution in [-0.2, 0) is 4.74 Å². The fourth-order valence-corrected chi connectivity index (χ4v) is 4.55. The van der Waals surface area contributed by atoms with Gasteiger partial charge in [-0.1, -0.05) is 44.9 Å². The number of aromatic hydroxyl groups is 1. The molecule has 154 valence electrons. The number of para-hydroxylation sites is 1. The minimum absolute atomic E-state index is 0.123. The van der Waals surface area contributed by atoms with Crippen LogP contribution >= 0.6 is 0 Å². The molecule has 1 aromatic heterocycles. The van der Waals surface area contributed by atoms with E-state index in [4.69, 9.17) is 14.5 Å². The Hall–Kier alpha value is -3.08. The molecule has 1 N–H and O–H groups in total. The highest BCUT2D eigenvalue weighted by molar-refractivity contribution is 5.96. The number of nitrogens with zero attached hydrogens (tertiary/aromatic N) is 2. The zero-order valence-corrected chi connectivity index (χ0v) is 17.3. The number of pyridine rings is 1. The Kier molecular flexibility index (Phi) is 4.61. The fraction of sp³-hybridized carbons (Fsp3) is 0.360. The van der Waals surface area contributed by atoms with Gasteiger partial charge in [-0.25, -0.2) is 9.98 Å². The van der Waals surface area contributed by atoms with Gasteiger partial charge in [0, 0.05) is 22.4 Å². The normalized spacial score (nSPS) is 22.7. The summed E-state index contributed by atoms with van der Waals surface area (Å²) in [5.41, 5.74) is 1.56. The Labute approximate surface area is 176 Å². The van der Waals surface area contributed by atoms with E-state index >= 15 is 0 Å². The number of aromatic nitrogens is 1. The number of hydrogen-bond acceptors (Lipinski definition) is 5. The molecule has 2 aliphatic rings. The molecule has 0 amide bonds. The predicted octanol–water partition coefficient (Wildman–Crippen LogP) is 5.85. The van der Waals surface area contributed by atoms with Crippen molar-refractivity contribution in [2.45, 2.75) is 51.7 Å². The topological polar surface area (TPSA) is 63.9 Å². The fourth-order valence-electron chi connectivity index (χ4n) is 4.55. The molecule has 0 saturated heterocycles. The average Bonchev–Trinajstić information content (AvgIpc) is 3.12. The van der Waals surface area contributed by atoms with Gasteiger partial charge in [0.15, 0.2) is 0 Å². The first-order valence-electron chi connectivity index (χ1n) is 10.6.